The highest BCUT2D eigenvalue weighted by atomic mass is 16.4. The Hall–Kier alpha value is -2.30. The van der Waals surface area contributed by atoms with E-state index in [0.29, 0.717) is 11.3 Å². The highest BCUT2D eigenvalue weighted by molar-refractivity contribution is 6.01. The summed E-state index contributed by atoms with van der Waals surface area (Å²) in [6, 6.07) is 5.09. The third-order valence-corrected chi connectivity index (χ3v) is 5.29. The van der Waals surface area contributed by atoms with Crippen LogP contribution in [0.5, 0.6) is 0 Å². The topological polar surface area (TPSA) is 69.6 Å². The van der Waals surface area contributed by atoms with Crippen LogP contribution in [0.4, 0.5) is 5.69 Å². The molecule has 120 valence electrons. The smallest absolute Gasteiger partial charge is 0.326 e. The van der Waals surface area contributed by atoms with Crippen molar-refractivity contribution in [1.82, 2.24) is 4.90 Å². The van der Waals surface area contributed by atoms with E-state index in [1.807, 2.05) is 23.1 Å². The Morgan fingerprint density at radius 3 is 2.74 bits per heavy atom. The molecule has 1 amide bonds. The molecular formula is C18H20N2O3. The van der Waals surface area contributed by atoms with Gasteiger partial charge in [-0.1, -0.05) is 24.3 Å². The quantitative estimate of drug-likeness (QED) is 0.823. The lowest BCUT2D eigenvalue weighted by Crippen LogP contribution is -2.43. The standard InChI is InChI=1S/C18H20N2O3/c21-17(20-9-1-2-10-20)14-8-4-6-12-11-5-3-7-13(11)16(18(22)23)19-15(12)14/h3-6,8,11,13,16,19H,1-2,7,9-10H2,(H,22,23)/t11-,13-,16-/m1/s1. The second kappa shape index (κ2) is 5.41. The first-order valence-electron chi connectivity index (χ1n) is 8.25. The maximum Gasteiger partial charge on any atom is 0.326 e. The summed E-state index contributed by atoms with van der Waals surface area (Å²) in [5, 5.41) is 12.7. The number of carboxylic acids is 1. The van der Waals surface area contributed by atoms with Gasteiger partial charge in [-0.05, 0) is 30.9 Å². The number of nitrogens with one attached hydrogen (secondary N) is 1. The van der Waals surface area contributed by atoms with Crippen LogP contribution in [0.2, 0.25) is 0 Å². The van der Waals surface area contributed by atoms with Crippen LogP contribution in [-0.2, 0) is 4.79 Å². The van der Waals surface area contributed by atoms with E-state index >= 15 is 0 Å². The van der Waals surface area contributed by atoms with Crippen molar-refractivity contribution < 1.29 is 14.7 Å². The van der Waals surface area contributed by atoms with Crippen LogP contribution in [-0.4, -0.2) is 41.0 Å². The lowest BCUT2D eigenvalue weighted by Gasteiger charge is -2.36. The number of rotatable bonds is 2. The molecule has 0 spiro atoms. The highest BCUT2D eigenvalue weighted by Gasteiger charge is 2.42. The number of benzene rings is 1. The van der Waals surface area contributed by atoms with Gasteiger partial charge in [0.25, 0.3) is 5.91 Å². The van der Waals surface area contributed by atoms with E-state index in [2.05, 4.69) is 17.5 Å². The van der Waals surface area contributed by atoms with Crippen molar-refractivity contribution in [1.29, 1.82) is 0 Å². The zero-order chi connectivity index (χ0) is 16.0. The maximum absolute atomic E-state index is 12.8. The Bertz CT molecular complexity index is 692. The summed E-state index contributed by atoms with van der Waals surface area (Å²) in [4.78, 5) is 26.3. The summed E-state index contributed by atoms with van der Waals surface area (Å²) in [7, 11) is 0. The van der Waals surface area contributed by atoms with Crippen molar-refractivity contribution in [3.63, 3.8) is 0 Å². The van der Waals surface area contributed by atoms with Crippen LogP contribution < -0.4 is 5.32 Å². The Morgan fingerprint density at radius 1 is 1.22 bits per heavy atom. The van der Waals surface area contributed by atoms with Crippen LogP contribution >= 0.6 is 0 Å². The largest absolute Gasteiger partial charge is 0.480 e. The molecule has 0 aromatic heterocycles. The van der Waals surface area contributed by atoms with Gasteiger partial charge in [-0.2, -0.15) is 0 Å². The number of nitrogens with zero attached hydrogens (tertiary/aromatic N) is 1. The SMILES string of the molecule is O=C(O)[C@@H]1Nc2c(C(=O)N3CCCC3)cccc2[C@H]2C=CC[C@H]21. The summed E-state index contributed by atoms with van der Waals surface area (Å²) in [6.45, 7) is 1.58. The number of carbonyl (C=O) groups excluding carboxylic acids is 1. The van der Waals surface area contributed by atoms with Crippen molar-refractivity contribution in [2.24, 2.45) is 5.92 Å². The van der Waals surface area contributed by atoms with Crippen LogP contribution in [0.25, 0.3) is 0 Å². The number of carbonyl (C=O) groups is 2. The number of allylic oxidation sites excluding steroid dienone is 2. The Balaban J connectivity index is 1.77. The van der Waals surface area contributed by atoms with E-state index < -0.39 is 12.0 Å². The van der Waals surface area contributed by atoms with E-state index in [4.69, 9.17) is 0 Å². The van der Waals surface area contributed by atoms with E-state index in [9.17, 15) is 14.7 Å². The van der Waals surface area contributed by atoms with Gasteiger partial charge in [0.15, 0.2) is 0 Å². The van der Waals surface area contributed by atoms with Gasteiger partial charge in [0, 0.05) is 24.9 Å². The molecule has 1 aromatic carbocycles. The number of aliphatic carboxylic acids is 1. The summed E-state index contributed by atoms with van der Waals surface area (Å²) in [5.74, 6) is -0.731. The van der Waals surface area contributed by atoms with Gasteiger partial charge < -0.3 is 15.3 Å². The highest BCUT2D eigenvalue weighted by Crippen LogP contribution is 2.45. The minimum absolute atomic E-state index is 0.0106. The van der Waals surface area contributed by atoms with Crippen molar-refractivity contribution in [3.05, 3.63) is 41.5 Å². The van der Waals surface area contributed by atoms with Crippen molar-refractivity contribution in [3.8, 4) is 0 Å². The minimum atomic E-state index is -0.849. The van der Waals surface area contributed by atoms with Gasteiger partial charge in [0.2, 0.25) is 0 Å². The van der Waals surface area contributed by atoms with Crippen molar-refractivity contribution in [2.45, 2.75) is 31.2 Å². The first kappa shape index (κ1) is 14.3. The van der Waals surface area contributed by atoms with Crippen LogP contribution in [0.3, 0.4) is 0 Å². The molecule has 1 aromatic rings. The van der Waals surface area contributed by atoms with Crippen LogP contribution in [0, 0.1) is 5.92 Å². The first-order chi connectivity index (χ1) is 11.2. The number of amides is 1. The second-order valence-electron chi connectivity index (χ2n) is 6.58. The molecule has 5 nitrogen and oxygen atoms in total. The van der Waals surface area contributed by atoms with E-state index in [0.717, 1.165) is 37.9 Å². The van der Waals surface area contributed by atoms with E-state index in [1.54, 1.807) is 0 Å². The predicted molar refractivity (Wildman–Crippen MR) is 86.6 cm³/mol. The van der Waals surface area contributed by atoms with Gasteiger partial charge in [0.1, 0.15) is 6.04 Å². The third kappa shape index (κ3) is 2.22. The second-order valence-corrected chi connectivity index (χ2v) is 6.58. The molecule has 1 aliphatic carbocycles. The molecular weight excluding hydrogens is 292 g/mol. The lowest BCUT2D eigenvalue weighted by molar-refractivity contribution is -0.139. The Labute approximate surface area is 135 Å². The average molecular weight is 312 g/mol. The molecule has 2 aliphatic heterocycles. The third-order valence-electron chi connectivity index (χ3n) is 5.29. The fourth-order valence-corrected chi connectivity index (χ4v) is 4.13. The molecule has 0 unspecified atom stereocenters. The Morgan fingerprint density at radius 2 is 2.00 bits per heavy atom. The number of para-hydroxylation sites is 1. The predicted octanol–water partition coefficient (Wildman–Crippen LogP) is 2.46. The van der Waals surface area contributed by atoms with Crippen molar-refractivity contribution >= 4 is 17.6 Å². The zero-order valence-corrected chi connectivity index (χ0v) is 12.9. The van der Waals surface area contributed by atoms with Crippen LogP contribution in [0.1, 0.15) is 41.1 Å². The molecule has 3 atom stereocenters. The summed E-state index contributed by atoms with van der Waals surface area (Å²) in [5.41, 5.74) is 2.37. The molecule has 3 aliphatic rings. The number of carboxylic acid groups (broad SMARTS) is 1. The summed E-state index contributed by atoms with van der Waals surface area (Å²) < 4.78 is 0. The molecule has 1 fully saturated rings. The molecule has 2 heterocycles. The number of anilines is 1. The van der Waals surface area contributed by atoms with Gasteiger partial charge in [-0.15, -0.1) is 0 Å². The van der Waals surface area contributed by atoms with Gasteiger partial charge in [0.05, 0.1) is 11.3 Å². The van der Waals surface area contributed by atoms with Gasteiger partial charge in [-0.25, -0.2) is 4.79 Å². The molecule has 4 rings (SSSR count). The van der Waals surface area contributed by atoms with E-state index in [1.165, 1.54) is 0 Å². The molecule has 0 radical (unpaired) electrons. The molecule has 5 heteroatoms. The summed E-state index contributed by atoms with van der Waals surface area (Å²) in [6.07, 6.45) is 6.98. The van der Waals surface area contributed by atoms with E-state index in [-0.39, 0.29) is 17.7 Å². The fourth-order valence-electron chi connectivity index (χ4n) is 4.13. The first-order valence-corrected chi connectivity index (χ1v) is 8.25. The number of hydrogen-bond acceptors (Lipinski definition) is 3. The van der Waals surface area contributed by atoms with Crippen LogP contribution in [0.15, 0.2) is 30.4 Å². The Kier molecular flexibility index (Phi) is 3.36. The zero-order valence-electron chi connectivity index (χ0n) is 12.9. The number of likely N-dealkylation sites (tertiary alicyclic amines) is 1. The fraction of sp³-hybridized carbons (Fsp3) is 0.444. The summed E-state index contributed by atoms with van der Waals surface area (Å²) >= 11 is 0. The van der Waals surface area contributed by atoms with Gasteiger partial charge >= 0.3 is 5.97 Å². The minimum Gasteiger partial charge on any atom is -0.480 e. The molecule has 2 N–H and O–H groups in total. The molecule has 0 bridgehead atoms. The monoisotopic (exact) mass is 312 g/mol. The maximum atomic E-state index is 12.8. The lowest BCUT2D eigenvalue weighted by atomic mass is 9.78. The van der Waals surface area contributed by atoms with Crippen molar-refractivity contribution in [2.75, 3.05) is 18.4 Å². The molecule has 1 saturated heterocycles. The molecule has 23 heavy (non-hydrogen) atoms. The normalized spacial score (nSPS) is 28.2. The molecule has 0 saturated carbocycles. The number of fused-ring (bicyclic) bond motifs is 3. The van der Waals surface area contributed by atoms with Gasteiger partial charge in [-0.3, -0.25) is 4.79 Å². The average Bonchev–Trinajstić information content (AvgIpc) is 3.23. The number of hydrogen-bond donors (Lipinski definition) is 2.